The number of amides is 1. The van der Waals surface area contributed by atoms with Gasteiger partial charge < -0.3 is 15.8 Å². The van der Waals surface area contributed by atoms with Gasteiger partial charge in [-0.1, -0.05) is 6.92 Å². The highest BCUT2D eigenvalue weighted by Crippen LogP contribution is 2.28. The first-order chi connectivity index (χ1) is 9.73. The average molecular weight is 324 g/mol. The van der Waals surface area contributed by atoms with E-state index in [1.165, 1.54) is 6.07 Å². The summed E-state index contributed by atoms with van der Waals surface area (Å²) >= 11 is 0. The van der Waals surface area contributed by atoms with Crippen LogP contribution in [0.15, 0.2) is 18.2 Å². The van der Waals surface area contributed by atoms with Gasteiger partial charge in [0, 0.05) is 34.4 Å². The quantitative estimate of drug-likeness (QED) is 0.780. The fraction of sp³-hybridized carbons (Fsp3) is 0.417. The van der Waals surface area contributed by atoms with Crippen LogP contribution in [0.1, 0.15) is 17.3 Å². The molecule has 0 aromatic heterocycles. The summed E-state index contributed by atoms with van der Waals surface area (Å²) in [7, 11) is -1.00. The van der Waals surface area contributed by atoms with Gasteiger partial charge in [-0.25, -0.2) is 0 Å². The van der Waals surface area contributed by atoms with Gasteiger partial charge in [0.15, 0.2) is 5.75 Å². The van der Waals surface area contributed by atoms with E-state index in [0.29, 0.717) is 11.5 Å². The van der Waals surface area contributed by atoms with Gasteiger partial charge in [0.2, 0.25) is 0 Å². The molecule has 0 fully saturated rings. The summed E-state index contributed by atoms with van der Waals surface area (Å²) < 4.78 is 51.1. The van der Waals surface area contributed by atoms with Crippen molar-refractivity contribution in [2.24, 2.45) is 0 Å². The number of halogens is 3. The molecule has 0 aliphatic rings. The van der Waals surface area contributed by atoms with Crippen molar-refractivity contribution in [3.8, 4) is 5.75 Å². The topological polar surface area (TPSA) is 81.4 Å². The molecule has 0 aliphatic carbocycles. The van der Waals surface area contributed by atoms with Gasteiger partial charge in [0.1, 0.15) is 0 Å². The molecule has 1 rings (SSSR count). The van der Waals surface area contributed by atoms with Gasteiger partial charge in [-0.3, -0.25) is 9.00 Å². The zero-order valence-electron chi connectivity index (χ0n) is 11.2. The van der Waals surface area contributed by atoms with E-state index < -0.39 is 28.8 Å². The number of rotatable bonds is 6. The van der Waals surface area contributed by atoms with Crippen molar-refractivity contribution in [1.82, 2.24) is 5.32 Å². The normalized spacial score (nSPS) is 12.8. The first-order valence-electron chi connectivity index (χ1n) is 6.01. The maximum absolute atomic E-state index is 12.1. The van der Waals surface area contributed by atoms with E-state index >= 15 is 0 Å². The molecular formula is C12H15F3N2O3S. The van der Waals surface area contributed by atoms with E-state index in [-0.39, 0.29) is 17.8 Å². The van der Waals surface area contributed by atoms with Crippen LogP contribution >= 0.6 is 0 Å². The maximum Gasteiger partial charge on any atom is 0.573 e. The molecule has 1 aromatic rings. The number of carbonyl (C=O) groups excluding carboxylic acids is 1. The second-order valence-corrected chi connectivity index (χ2v) is 5.85. The molecule has 1 atom stereocenters. The highest BCUT2D eigenvalue weighted by molar-refractivity contribution is 7.84. The number of ether oxygens (including phenoxy) is 1. The molecule has 1 unspecified atom stereocenters. The number of carbonyl (C=O) groups is 1. The second-order valence-electron chi connectivity index (χ2n) is 3.99. The van der Waals surface area contributed by atoms with Crippen molar-refractivity contribution in [2.75, 3.05) is 23.8 Å². The van der Waals surface area contributed by atoms with Crippen LogP contribution in [0.2, 0.25) is 0 Å². The molecule has 0 radical (unpaired) electrons. The van der Waals surface area contributed by atoms with Gasteiger partial charge in [0.25, 0.3) is 5.91 Å². The second kappa shape index (κ2) is 7.30. The fourth-order valence-electron chi connectivity index (χ4n) is 1.43. The Bertz CT molecular complexity index is 535. The molecule has 0 heterocycles. The molecular weight excluding hydrogens is 309 g/mol. The maximum atomic E-state index is 12.1. The molecule has 0 saturated carbocycles. The molecule has 0 saturated heterocycles. The molecule has 118 valence electrons. The molecule has 21 heavy (non-hydrogen) atoms. The Morgan fingerprint density at radius 1 is 1.43 bits per heavy atom. The van der Waals surface area contributed by atoms with E-state index in [2.05, 4.69) is 10.1 Å². The summed E-state index contributed by atoms with van der Waals surface area (Å²) in [6.45, 7) is 1.97. The number of nitrogen functional groups attached to an aromatic ring is 1. The predicted octanol–water partition coefficient (Wildman–Crippen LogP) is 1.67. The largest absolute Gasteiger partial charge is 0.573 e. The van der Waals surface area contributed by atoms with Crippen LogP contribution in [0, 0.1) is 0 Å². The Balaban J connectivity index is 2.66. The first kappa shape index (κ1) is 17.3. The standard InChI is InChI=1S/C12H15F3N2O3S/c1-2-21(19)6-5-17-11(18)8-3-4-10(9(16)7-8)20-12(13,14)15/h3-4,7H,2,5-6,16H2,1H3,(H,17,18). The van der Waals surface area contributed by atoms with Crippen molar-refractivity contribution < 1.29 is 26.9 Å². The Labute approximate surface area is 122 Å². The monoisotopic (exact) mass is 324 g/mol. The van der Waals surface area contributed by atoms with Crippen molar-refractivity contribution in [3.05, 3.63) is 23.8 Å². The number of nitrogens with two attached hydrogens (primary N) is 1. The summed E-state index contributed by atoms with van der Waals surface area (Å²) in [6.07, 6.45) is -4.85. The fourth-order valence-corrected chi connectivity index (χ4v) is 2.05. The van der Waals surface area contributed by atoms with Crippen LogP contribution in [0.3, 0.4) is 0 Å². The summed E-state index contributed by atoms with van der Waals surface area (Å²) in [5.41, 5.74) is 5.22. The van der Waals surface area contributed by atoms with Crippen LogP contribution in [0.5, 0.6) is 5.75 Å². The average Bonchev–Trinajstić information content (AvgIpc) is 2.39. The van der Waals surface area contributed by atoms with Gasteiger partial charge >= 0.3 is 6.36 Å². The summed E-state index contributed by atoms with van der Waals surface area (Å²) in [5, 5.41) is 2.51. The van der Waals surface area contributed by atoms with Crippen molar-refractivity contribution in [1.29, 1.82) is 0 Å². The predicted molar refractivity (Wildman–Crippen MR) is 73.4 cm³/mol. The lowest BCUT2D eigenvalue weighted by molar-refractivity contribution is -0.274. The summed E-state index contributed by atoms with van der Waals surface area (Å²) in [6, 6.07) is 3.23. The Morgan fingerprint density at radius 3 is 2.62 bits per heavy atom. The lowest BCUT2D eigenvalue weighted by Crippen LogP contribution is -2.28. The smallest absolute Gasteiger partial charge is 0.404 e. The summed E-state index contributed by atoms with van der Waals surface area (Å²) in [5.74, 6) is -0.265. The van der Waals surface area contributed by atoms with E-state index in [1.807, 2.05) is 0 Å². The third-order valence-corrected chi connectivity index (χ3v) is 3.74. The Morgan fingerprint density at radius 2 is 2.10 bits per heavy atom. The van der Waals surface area contributed by atoms with Gasteiger partial charge in [0.05, 0.1) is 5.69 Å². The number of alkyl halides is 3. The minimum atomic E-state index is -4.85. The molecule has 9 heteroatoms. The first-order valence-corrected chi connectivity index (χ1v) is 7.50. The van der Waals surface area contributed by atoms with Crippen LogP contribution in [-0.4, -0.2) is 34.5 Å². The third kappa shape index (κ3) is 6.03. The minimum absolute atomic E-state index is 0.101. The number of hydrogen-bond donors (Lipinski definition) is 2. The van der Waals surface area contributed by atoms with Crippen molar-refractivity contribution in [2.45, 2.75) is 13.3 Å². The summed E-state index contributed by atoms with van der Waals surface area (Å²) in [4.78, 5) is 11.7. The molecule has 1 amide bonds. The highest BCUT2D eigenvalue weighted by atomic mass is 32.2. The SMILES string of the molecule is CCS(=O)CCNC(=O)c1ccc(OC(F)(F)F)c(N)c1. The van der Waals surface area contributed by atoms with Crippen molar-refractivity contribution in [3.63, 3.8) is 0 Å². The molecule has 5 nitrogen and oxygen atoms in total. The van der Waals surface area contributed by atoms with E-state index in [0.717, 1.165) is 12.1 Å². The molecule has 1 aromatic carbocycles. The third-order valence-electron chi connectivity index (χ3n) is 2.43. The highest BCUT2D eigenvalue weighted by Gasteiger charge is 2.32. The van der Waals surface area contributed by atoms with Crippen LogP contribution in [0.4, 0.5) is 18.9 Å². The minimum Gasteiger partial charge on any atom is -0.404 e. The molecule has 0 bridgehead atoms. The van der Waals surface area contributed by atoms with Crippen LogP contribution in [0.25, 0.3) is 0 Å². The number of anilines is 1. The lowest BCUT2D eigenvalue weighted by atomic mass is 10.2. The zero-order valence-corrected chi connectivity index (χ0v) is 12.0. The molecule has 0 aliphatic heterocycles. The van der Waals surface area contributed by atoms with Gasteiger partial charge in [-0.15, -0.1) is 13.2 Å². The Kier molecular flexibility index (Phi) is 6.01. The van der Waals surface area contributed by atoms with E-state index in [9.17, 15) is 22.2 Å². The van der Waals surface area contributed by atoms with E-state index in [4.69, 9.17) is 5.73 Å². The zero-order chi connectivity index (χ0) is 16.0. The Hall–Kier alpha value is -1.77. The lowest BCUT2D eigenvalue weighted by Gasteiger charge is -2.12. The van der Waals surface area contributed by atoms with Gasteiger partial charge in [-0.05, 0) is 18.2 Å². The number of nitrogens with one attached hydrogen (secondary N) is 1. The van der Waals surface area contributed by atoms with E-state index in [1.54, 1.807) is 6.92 Å². The van der Waals surface area contributed by atoms with Crippen molar-refractivity contribution >= 4 is 22.4 Å². The molecule has 0 spiro atoms. The number of hydrogen-bond acceptors (Lipinski definition) is 4. The molecule has 3 N–H and O–H groups in total. The van der Waals surface area contributed by atoms with Crippen LogP contribution in [-0.2, 0) is 10.8 Å². The van der Waals surface area contributed by atoms with Gasteiger partial charge in [-0.2, -0.15) is 0 Å². The number of benzene rings is 1. The van der Waals surface area contributed by atoms with Crippen LogP contribution < -0.4 is 15.8 Å².